The molecule has 0 heterocycles. The standard InChI is InChI=1S/C10H10FNO/c1-2-8-3-4-10(11)5-9(8)6-12-7-13/h3-5H,2,6H2,1H3. The van der Waals surface area contributed by atoms with Gasteiger partial charge in [-0.15, -0.1) is 0 Å². The van der Waals surface area contributed by atoms with Crippen molar-refractivity contribution in [2.24, 2.45) is 4.99 Å². The van der Waals surface area contributed by atoms with Crippen LogP contribution in [0.2, 0.25) is 0 Å². The molecule has 0 unspecified atom stereocenters. The van der Waals surface area contributed by atoms with Gasteiger partial charge in [0.2, 0.25) is 6.08 Å². The predicted molar refractivity (Wildman–Crippen MR) is 47.6 cm³/mol. The van der Waals surface area contributed by atoms with Crippen molar-refractivity contribution < 1.29 is 9.18 Å². The smallest absolute Gasteiger partial charge is 0.211 e. The van der Waals surface area contributed by atoms with Gasteiger partial charge in [-0.25, -0.2) is 14.2 Å². The van der Waals surface area contributed by atoms with Gasteiger partial charge in [0.15, 0.2) is 0 Å². The molecule has 1 rings (SSSR count). The van der Waals surface area contributed by atoms with Crippen LogP contribution in [-0.2, 0) is 17.8 Å². The van der Waals surface area contributed by atoms with Crippen LogP contribution in [0, 0.1) is 5.82 Å². The van der Waals surface area contributed by atoms with Gasteiger partial charge in [0.1, 0.15) is 5.82 Å². The molecule has 68 valence electrons. The van der Waals surface area contributed by atoms with E-state index in [2.05, 4.69) is 4.99 Å². The van der Waals surface area contributed by atoms with Crippen LogP contribution in [0.3, 0.4) is 0 Å². The average Bonchev–Trinajstić information content (AvgIpc) is 2.15. The molecule has 0 atom stereocenters. The summed E-state index contributed by atoms with van der Waals surface area (Å²) < 4.78 is 12.8. The van der Waals surface area contributed by atoms with Gasteiger partial charge < -0.3 is 0 Å². The molecule has 0 bridgehead atoms. The van der Waals surface area contributed by atoms with Gasteiger partial charge >= 0.3 is 0 Å². The number of carbonyl (C=O) groups excluding carboxylic acids is 1. The van der Waals surface area contributed by atoms with Crippen LogP contribution < -0.4 is 0 Å². The Kier molecular flexibility index (Phi) is 3.35. The van der Waals surface area contributed by atoms with Crippen LogP contribution in [0.1, 0.15) is 18.1 Å². The molecule has 0 spiro atoms. The molecule has 0 aliphatic carbocycles. The van der Waals surface area contributed by atoms with Crippen molar-refractivity contribution in [1.82, 2.24) is 0 Å². The number of halogens is 1. The first-order valence-corrected chi connectivity index (χ1v) is 4.09. The lowest BCUT2D eigenvalue weighted by Crippen LogP contribution is -1.92. The molecule has 1 aromatic carbocycles. The van der Waals surface area contributed by atoms with Crippen molar-refractivity contribution >= 4 is 6.08 Å². The van der Waals surface area contributed by atoms with Crippen molar-refractivity contribution in [3.8, 4) is 0 Å². The summed E-state index contributed by atoms with van der Waals surface area (Å²) in [5.74, 6) is -0.298. The zero-order valence-electron chi connectivity index (χ0n) is 7.38. The summed E-state index contributed by atoms with van der Waals surface area (Å²) >= 11 is 0. The maximum Gasteiger partial charge on any atom is 0.235 e. The molecule has 0 N–H and O–H groups in total. The Morgan fingerprint density at radius 2 is 2.23 bits per heavy atom. The first-order chi connectivity index (χ1) is 6.27. The van der Waals surface area contributed by atoms with E-state index in [4.69, 9.17) is 0 Å². The minimum Gasteiger partial charge on any atom is -0.211 e. The third-order valence-corrected chi connectivity index (χ3v) is 1.86. The number of hydrogen-bond donors (Lipinski definition) is 0. The zero-order chi connectivity index (χ0) is 9.68. The Morgan fingerprint density at radius 1 is 1.46 bits per heavy atom. The molecule has 1 aromatic rings. The second kappa shape index (κ2) is 4.53. The van der Waals surface area contributed by atoms with Gasteiger partial charge in [-0.2, -0.15) is 0 Å². The summed E-state index contributed by atoms with van der Waals surface area (Å²) in [5, 5.41) is 0. The number of nitrogens with zero attached hydrogens (tertiary/aromatic N) is 1. The van der Waals surface area contributed by atoms with E-state index in [9.17, 15) is 9.18 Å². The van der Waals surface area contributed by atoms with Crippen LogP contribution in [0.25, 0.3) is 0 Å². The maximum absolute atomic E-state index is 12.8. The van der Waals surface area contributed by atoms with Crippen LogP contribution in [0.4, 0.5) is 4.39 Å². The van der Waals surface area contributed by atoms with Gasteiger partial charge in [-0.3, -0.25) is 0 Å². The van der Waals surface area contributed by atoms with Gasteiger partial charge in [-0.1, -0.05) is 13.0 Å². The van der Waals surface area contributed by atoms with E-state index < -0.39 is 0 Å². The fourth-order valence-corrected chi connectivity index (χ4v) is 1.20. The Morgan fingerprint density at radius 3 is 2.85 bits per heavy atom. The van der Waals surface area contributed by atoms with Crippen LogP contribution in [0.5, 0.6) is 0 Å². The molecule has 0 saturated carbocycles. The maximum atomic E-state index is 12.8. The normalized spacial score (nSPS) is 9.38. The van der Waals surface area contributed by atoms with Crippen molar-refractivity contribution in [2.75, 3.05) is 0 Å². The summed E-state index contributed by atoms with van der Waals surface area (Å²) in [5.41, 5.74) is 1.77. The van der Waals surface area contributed by atoms with E-state index in [-0.39, 0.29) is 12.4 Å². The van der Waals surface area contributed by atoms with Crippen molar-refractivity contribution in [3.63, 3.8) is 0 Å². The van der Waals surface area contributed by atoms with Crippen molar-refractivity contribution in [3.05, 3.63) is 35.1 Å². The molecule has 0 aliphatic heterocycles. The van der Waals surface area contributed by atoms with Crippen LogP contribution in [0.15, 0.2) is 23.2 Å². The summed E-state index contributed by atoms with van der Waals surface area (Å²) in [4.78, 5) is 13.3. The lowest BCUT2D eigenvalue weighted by Gasteiger charge is -2.03. The van der Waals surface area contributed by atoms with E-state index in [1.54, 1.807) is 6.07 Å². The Hall–Kier alpha value is -1.47. The van der Waals surface area contributed by atoms with Gasteiger partial charge in [-0.05, 0) is 29.7 Å². The number of isocyanates is 1. The fraction of sp³-hybridized carbons (Fsp3) is 0.300. The second-order valence-corrected chi connectivity index (χ2v) is 2.67. The lowest BCUT2D eigenvalue weighted by molar-refractivity contribution is 0.562. The predicted octanol–water partition coefficient (Wildman–Crippen LogP) is 2.22. The topological polar surface area (TPSA) is 29.4 Å². The fourth-order valence-electron chi connectivity index (χ4n) is 1.20. The van der Waals surface area contributed by atoms with E-state index in [1.807, 2.05) is 6.92 Å². The molecular formula is C10H10FNO. The molecule has 2 nitrogen and oxygen atoms in total. The second-order valence-electron chi connectivity index (χ2n) is 2.67. The Bertz CT molecular complexity index is 343. The van der Waals surface area contributed by atoms with Gasteiger partial charge in [0.25, 0.3) is 0 Å². The number of aryl methyl sites for hydroxylation is 1. The minimum atomic E-state index is -0.298. The first kappa shape index (κ1) is 9.62. The number of aliphatic imine (C=N–C) groups is 1. The first-order valence-electron chi connectivity index (χ1n) is 4.09. The summed E-state index contributed by atoms with van der Waals surface area (Å²) in [6.07, 6.45) is 2.25. The quantitative estimate of drug-likeness (QED) is 0.516. The summed E-state index contributed by atoms with van der Waals surface area (Å²) in [7, 11) is 0. The molecule has 3 heteroatoms. The third kappa shape index (κ3) is 2.49. The molecule has 0 aromatic heterocycles. The molecule has 0 fully saturated rings. The van der Waals surface area contributed by atoms with Crippen molar-refractivity contribution in [1.29, 1.82) is 0 Å². The highest BCUT2D eigenvalue weighted by Crippen LogP contribution is 2.12. The summed E-state index contributed by atoms with van der Waals surface area (Å²) in [6.45, 7) is 2.19. The zero-order valence-corrected chi connectivity index (χ0v) is 7.38. The van der Waals surface area contributed by atoms with Crippen molar-refractivity contribution in [2.45, 2.75) is 19.9 Å². The van der Waals surface area contributed by atoms with E-state index >= 15 is 0 Å². The average molecular weight is 179 g/mol. The number of hydrogen-bond acceptors (Lipinski definition) is 2. The highest BCUT2D eigenvalue weighted by atomic mass is 19.1. The monoisotopic (exact) mass is 179 g/mol. The Labute approximate surface area is 76.1 Å². The highest BCUT2D eigenvalue weighted by molar-refractivity contribution is 5.35. The number of rotatable bonds is 3. The molecule has 0 aliphatic rings. The number of benzene rings is 1. The largest absolute Gasteiger partial charge is 0.235 e. The van der Waals surface area contributed by atoms with E-state index in [1.165, 1.54) is 18.2 Å². The Balaban J connectivity index is 3.00. The molecule has 0 radical (unpaired) electrons. The minimum absolute atomic E-state index is 0.213. The van der Waals surface area contributed by atoms with E-state index in [0.717, 1.165) is 17.5 Å². The SMILES string of the molecule is CCc1ccc(F)cc1CN=C=O. The van der Waals surface area contributed by atoms with Crippen LogP contribution >= 0.6 is 0 Å². The molecule has 0 amide bonds. The highest BCUT2D eigenvalue weighted by Gasteiger charge is 2.01. The third-order valence-electron chi connectivity index (χ3n) is 1.86. The summed E-state index contributed by atoms with van der Waals surface area (Å²) in [6, 6.07) is 4.53. The lowest BCUT2D eigenvalue weighted by atomic mass is 10.1. The molecule has 13 heavy (non-hydrogen) atoms. The van der Waals surface area contributed by atoms with Gasteiger partial charge in [0.05, 0.1) is 6.54 Å². The van der Waals surface area contributed by atoms with Crippen LogP contribution in [-0.4, -0.2) is 6.08 Å². The molecular weight excluding hydrogens is 169 g/mol. The molecule has 0 saturated heterocycles. The van der Waals surface area contributed by atoms with Gasteiger partial charge in [0, 0.05) is 0 Å². The van der Waals surface area contributed by atoms with E-state index in [0.29, 0.717) is 0 Å².